The maximum atomic E-state index is 11.5. The lowest BCUT2D eigenvalue weighted by atomic mass is 9.94. The quantitative estimate of drug-likeness (QED) is 0.603. The number of aromatic amines is 1. The van der Waals surface area contributed by atoms with Gasteiger partial charge in [-0.2, -0.15) is 5.21 Å². The fourth-order valence-electron chi connectivity index (χ4n) is 1.90. The number of tetrazole rings is 1. The molecule has 1 atom stereocenters. The average Bonchev–Trinajstić information content (AvgIpc) is 2.89. The van der Waals surface area contributed by atoms with Crippen molar-refractivity contribution in [3.05, 3.63) is 5.82 Å². The average molecular weight is 269 g/mol. The van der Waals surface area contributed by atoms with E-state index >= 15 is 0 Å². The molecule has 1 aromatic rings. The lowest BCUT2D eigenvalue weighted by Gasteiger charge is -2.14. The third-order valence-electron chi connectivity index (χ3n) is 2.85. The van der Waals surface area contributed by atoms with Gasteiger partial charge in [0, 0.05) is 13.0 Å². The fraction of sp³-hybridized carbons (Fsp3) is 0.727. The number of nitrogens with one attached hydrogen (secondary N) is 2. The summed E-state index contributed by atoms with van der Waals surface area (Å²) in [5.74, 6) is -0.830. The smallest absolute Gasteiger partial charge is 0.303 e. The van der Waals surface area contributed by atoms with E-state index in [2.05, 4.69) is 32.9 Å². The highest BCUT2D eigenvalue weighted by Gasteiger charge is 2.13. The van der Waals surface area contributed by atoms with Crippen LogP contribution in [0.4, 0.5) is 0 Å². The Morgan fingerprint density at radius 3 is 2.74 bits per heavy atom. The second-order valence-corrected chi connectivity index (χ2v) is 4.37. The molecule has 0 bridgehead atoms. The molecule has 0 aliphatic carbocycles. The first-order chi connectivity index (χ1) is 9.13. The second-order valence-electron chi connectivity index (χ2n) is 4.37. The van der Waals surface area contributed by atoms with Gasteiger partial charge in [-0.15, -0.1) is 10.2 Å². The molecular weight excluding hydrogens is 250 g/mol. The minimum absolute atomic E-state index is 0.0116. The van der Waals surface area contributed by atoms with Crippen molar-refractivity contribution in [2.24, 2.45) is 5.92 Å². The van der Waals surface area contributed by atoms with E-state index in [1.165, 1.54) is 0 Å². The number of carbonyl (C=O) groups is 2. The van der Waals surface area contributed by atoms with Crippen molar-refractivity contribution in [3.63, 3.8) is 0 Å². The van der Waals surface area contributed by atoms with Crippen LogP contribution in [0, 0.1) is 5.92 Å². The highest BCUT2D eigenvalue weighted by molar-refractivity contribution is 5.89. The van der Waals surface area contributed by atoms with Gasteiger partial charge in [-0.25, -0.2) is 0 Å². The van der Waals surface area contributed by atoms with Gasteiger partial charge in [0.1, 0.15) is 0 Å². The molecule has 1 aromatic heterocycles. The summed E-state index contributed by atoms with van der Waals surface area (Å²) in [4.78, 5) is 22.1. The molecule has 8 heteroatoms. The number of amides is 1. The van der Waals surface area contributed by atoms with Crippen molar-refractivity contribution in [3.8, 4) is 0 Å². The molecule has 0 saturated heterocycles. The first-order valence-electron chi connectivity index (χ1n) is 6.37. The van der Waals surface area contributed by atoms with Gasteiger partial charge in [0.2, 0.25) is 0 Å². The zero-order valence-corrected chi connectivity index (χ0v) is 10.9. The maximum Gasteiger partial charge on any atom is 0.303 e. The van der Waals surface area contributed by atoms with Crippen molar-refractivity contribution in [1.29, 1.82) is 0 Å². The summed E-state index contributed by atoms with van der Waals surface area (Å²) in [7, 11) is 0. The summed E-state index contributed by atoms with van der Waals surface area (Å²) in [5, 5.41) is 24.0. The van der Waals surface area contributed by atoms with Crippen LogP contribution in [0.5, 0.6) is 0 Å². The molecule has 106 valence electrons. The van der Waals surface area contributed by atoms with Gasteiger partial charge in [-0.3, -0.25) is 9.59 Å². The van der Waals surface area contributed by atoms with Gasteiger partial charge in [0.15, 0.2) is 0 Å². The normalized spacial score (nSPS) is 12.1. The second kappa shape index (κ2) is 8.17. The largest absolute Gasteiger partial charge is 0.481 e. The summed E-state index contributed by atoms with van der Waals surface area (Å²) in [6, 6.07) is 0. The van der Waals surface area contributed by atoms with E-state index < -0.39 is 5.97 Å². The van der Waals surface area contributed by atoms with E-state index in [9.17, 15) is 9.59 Å². The lowest BCUT2D eigenvalue weighted by molar-refractivity contribution is -0.137. The number of aliphatic carboxylic acids is 1. The Kier molecular flexibility index (Phi) is 6.48. The van der Waals surface area contributed by atoms with Crippen molar-refractivity contribution < 1.29 is 14.7 Å². The molecule has 1 heterocycles. The fourth-order valence-corrected chi connectivity index (χ4v) is 1.90. The number of nitrogens with zero attached hydrogens (tertiary/aromatic N) is 3. The van der Waals surface area contributed by atoms with Crippen LogP contribution in [0.15, 0.2) is 0 Å². The zero-order chi connectivity index (χ0) is 14.1. The molecule has 0 saturated carbocycles. The number of carbonyl (C=O) groups excluding carboxylic acids is 1. The standard InChI is InChI=1S/C11H19N5O3/c1-2-3-8(4-5-9(17)18)6-7-12-11(19)10-13-15-16-14-10/h8H,2-7H2,1H3,(H,12,19)(H,17,18)(H,13,14,15,16). The van der Waals surface area contributed by atoms with Crippen molar-refractivity contribution in [1.82, 2.24) is 25.9 Å². The molecule has 3 N–H and O–H groups in total. The predicted molar refractivity (Wildman–Crippen MR) is 66.4 cm³/mol. The van der Waals surface area contributed by atoms with Gasteiger partial charge < -0.3 is 10.4 Å². The summed E-state index contributed by atoms with van der Waals surface area (Å²) in [6.07, 6.45) is 3.53. The van der Waals surface area contributed by atoms with Gasteiger partial charge in [-0.05, 0) is 24.0 Å². The zero-order valence-electron chi connectivity index (χ0n) is 10.9. The van der Waals surface area contributed by atoms with Crippen molar-refractivity contribution in [2.45, 2.75) is 39.0 Å². The number of H-pyrrole nitrogens is 1. The van der Waals surface area contributed by atoms with E-state index in [0.29, 0.717) is 18.9 Å². The summed E-state index contributed by atoms with van der Waals surface area (Å²) < 4.78 is 0. The summed E-state index contributed by atoms with van der Waals surface area (Å²) in [6.45, 7) is 2.54. The Labute approximate surface area is 111 Å². The topological polar surface area (TPSA) is 121 Å². The first-order valence-corrected chi connectivity index (χ1v) is 6.37. The number of aromatic nitrogens is 4. The Morgan fingerprint density at radius 1 is 1.37 bits per heavy atom. The first kappa shape index (κ1) is 15.1. The van der Waals surface area contributed by atoms with Crippen LogP contribution in [0.2, 0.25) is 0 Å². The SMILES string of the molecule is CCCC(CCNC(=O)c1nn[nH]n1)CCC(=O)O. The van der Waals surface area contributed by atoms with Gasteiger partial charge in [0.05, 0.1) is 0 Å². The van der Waals surface area contributed by atoms with Gasteiger partial charge >= 0.3 is 5.97 Å². The third-order valence-corrected chi connectivity index (χ3v) is 2.85. The molecule has 1 amide bonds. The molecule has 0 aromatic carbocycles. The monoisotopic (exact) mass is 269 g/mol. The Balaban J connectivity index is 2.27. The van der Waals surface area contributed by atoms with Crippen LogP contribution in [0.1, 0.15) is 49.6 Å². The third kappa shape index (κ3) is 5.94. The molecular formula is C11H19N5O3. The van der Waals surface area contributed by atoms with Crippen LogP contribution >= 0.6 is 0 Å². The van der Waals surface area contributed by atoms with E-state index in [1.54, 1.807) is 0 Å². The van der Waals surface area contributed by atoms with E-state index in [4.69, 9.17) is 5.11 Å². The molecule has 0 radical (unpaired) electrons. The molecule has 0 aliphatic rings. The van der Waals surface area contributed by atoms with Crippen LogP contribution in [-0.2, 0) is 4.79 Å². The Hall–Kier alpha value is -1.99. The van der Waals surface area contributed by atoms with Crippen LogP contribution in [0.3, 0.4) is 0 Å². The molecule has 0 fully saturated rings. The van der Waals surface area contributed by atoms with Crippen LogP contribution in [0.25, 0.3) is 0 Å². The lowest BCUT2D eigenvalue weighted by Crippen LogP contribution is -2.27. The van der Waals surface area contributed by atoms with Crippen LogP contribution < -0.4 is 5.32 Å². The summed E-state index contributed by atoms with van der Waals surface area (Å²) in [5.41, 5.74) is 0. The van der Waals surface area contributed by atoms with E-state index in [1.807, 2.05) is 0 Å². The number of hydrogen-bond acceptors (Lipinski definition) is 5. The number of carboxylic acids is 1. The Bertz CT molecular complexity index is 393. The minimum Gasteiger partial charge on any atom is -0.481 e. The molecule has 19 heavy (non-hydrogen) atoms. The number of hydrogen-bond donors (Lipinski definition) is 3. The van der Waals surface area contributed by atoms with Crippen molar-refractivity contribution in [2.75, 3.05) is 6.54 Å². The van der Waals surface area contributed by atoms with E-state index in [-0.39, 0.29) is 18.2 Å². The van der Waals surface area contributed by atoms with Gasteiger partial charge in [0.25, 0.3) is 11.7 Å². The Morgan fingerprint density at radius 2 is 2.16 bits per heavy atom. The van der Waals surface area contributed by atoms with Crippen molar-refractivity contribution >= 4 is 11.9 Å². The highest BCUT2D eigenvalue weighted by Crippen LogP contribution is 2.17. The number of rotatable bonds is 9. The predicted octanol–water partition coefficient (Wildman–Crippen LogP) is 0.601. The number of carboxylic acid groups (broad SMARTS) is 1. The maximum absolute atomic E-state index is 11.5. The highest BCUT2D eigenvalue weighted by atomic mass is 16.4. The van der Waals surface area contributed by atoms with Gasteiger partial charge in [-0.1, -0.05) is 19.8 Å². The molecule has 1 rings (SSSR count). The van der Waals surface area contributed by atoms with E-state index in [0.717, 1.165) is 19.3 Å². The minimum atomic E-state index is -0.781. The molecule has 0 aliphatic heterocycles. The molecule has 8 nitrogen and oxygen atoms in total. The summed E-state index contributed by atoms with van der Waals surface area (Å²) >= 11 is 0. The van der Waals surface area contributed by atoms with Crippen LogP contribution in [-0.4, -0.2) is 44.2 Å². The molecule has 1 unspecified atom stereocenters. The molecule has 0 spiro atoms.